The Labute approximate surface area is 113 Å². The molecule has 0 saturated carbocycles. The summed E-state index contributed by atoms with van der Waals surface area (Å²) in [4.78, 5) is 0.00731. The van der Waals surface area contributed by atoms with Crippen molar-refractivity contribution in [1.29, 1.82) is 0 Å². The summed E-state index contributed by atoms with van der Waals surface area (Å²) in [6.45, 7) is 1.89. The Morgan fingerprint density at radius 1 is 1.47 bits per heavy atom. The summed E-state index contributed by atoms with van der Waals surface area (Å²) in [5.74, 6) is 0.178. The van der Waals surface area contributed by atoms with Crippen molar-refractivity contribution in [2.24, 2.45) is 0 Å². The highest BCUT2D eigenvalue weighted by molar-refractivity contribution is 7.89. The van der Waals surface area contributed by atoms with Crippen LogP contribution in [0.15, 0.2) is 23.1 Å². The second-order valence-electron chi connectivity index (χ2n) is 4.20. The van der Waals surface area contributed by atoms with Gasteiger partial charge in [0.1, 0.15) is 10.6 Å². The third-order valence-corrected chi connectivity index (χ3v) is 4.07. The molecule has 1 atom stereocenters. The van der Waals surface area contributed by atoms with E-state index in [1.54, 1.807) is 0 Å². The molecule has 0 bridgehead atoms. The first-order chi connectivity index (χ1) is 8.90. The predicted octanol–water partition coefficient (Wildman–Crippen LogP) is 0.717. The highest BCUT2D eigenvalue weighted by Gasteiger charge is 2.20. The minimum Gasteiger partial charge on any atom is -0.495 e. The van der Waals surface area contributed by atoms with Crippen molar-refractivity contribution in [2.45, 2.75) is 30.8 Å². The molecule has 0 aliphatic carbocycles. The van der Waals surface area contributed by atoms with Crippen molar-refractivity contribution >= 4 is 15.7 Å². The molecule has 1 aromatic rings. The van der Waals surface area contributed by atoms with Gasteiger partial charge < -0.3 is 15.6 Å². The lowest BCUT2D eigenvalue weighted by Gasteiger charge is -2.13. The number of hydrogen-bond acceptors (Lipinski definition) is 5. The quantitative estimate of drug-likeness (QED) is 0.642. The number of nitrogens with one attached hydrogen (secondary N) is 1. The molecule has 108 valence electrons. The van der Waals surface area contributed by atoms with Crippen LogP contribution in [0, 0.1) is 0 Å². The van der Waals surface area contributed by atoms with Gasteiger partial charge in [0.2, 0.25) is 10.0 Å². The normalized spacial score (nSPS) is 13.2. The molecule has 1 aromatic carbocycles. The number of aliphatic hydroxyl groups excluding tert-OH is 1. The maximum Gasteiger partial charge on any atom is 0.244 e. The molecule has 1 rings (SSSR count). The number of nitrogens with two attached hydrogens (primary N) is 1. The van der Waals surface area contributed by atoms with Crippen LogP contribution in [0.3, 0.4) is 0 Å². The summed E-state index contributed by atoms with van der Waals surface area (Å²) in [5, 5.41) is 9.55. The molecule has 0 radical (unpaired) electrons. The van der Waals surface area contributed by atoms with Crippen LogP contribution in [0.2, 0.25) is 0 Å². The SMILES string of the molecule is CCCC(O)CNS(=O)(=O)c1ccc(N)cc1OC. The maximum absolute atomic E-state index is 12.1. The van der Waals surface area contributed by atoms with E-state index in [0.717, 1.165) is 6.42 Å². The Bertz CT molecular complexity index is 516. The highest BCUT2D eigenvalue weighted by Crippen LogP contribution is 2.25. The monoisotopic (exact) mass is 288 g/mol. The molecular weight excluding hydrogens is 268 g/mol. The van der Waals surface area contributed by atoms with Crippen LogP contribution in [0.4, 0.5) is 5.69 Å². The molecule has 7 heteroatoms. The smallest absolute Gasteiger partial charge is 0.244 e. The third-order valence-electron chi connectivity index (χ3n) is 2.61. The summed E-state index contributed by atoms with van der Waals surface area (Å²) < 4.78 is 31.5. The average Bonchev–Trinajstić information content (AvgIpc) is 2.36. The average molecular weight is 288 g/mol. The molecule has 4 N–H and O–H groups in total. The Balaban J connectivity index is 2.88. The van der Waals surface area contributed by atoms with E-state index in [1.807, 2.05) is 6.92 Å². The Morgan fingerprint density at radius 3 is 2.74 bits per heavy atom. The number of rotatable bonds is 7. The molecule has 19 heavy (non-hydrogen) atoms. The van der Waals surface area contributed by atoms with Crippen molar-refractivity contribution in [3.8, 4) is 5.75 Å². The van der Waals surface area contributed by atoms with Gasteiger partial charge in [0.25, 0.3) is 0 Å². The van der Waals surface area contributed by atoms with Gasteiger partial charge in [-0.2, -0.15) is 0 Å². The zero-order valence-corrected chi connectivity index (χ0v) is 11.9. The lowest BCUT2D eigenvalue weighted by molar-refractivity contribution is 0.167. The summed E-state index contributed by atoms with van der Waals surface area (Å²) >= 11 is 0. The zero-order chi connectivity index (χ0) is 14.5. The van der Waals surface area contributed by atoms with E-state index in [9.17, 15) is 13.5 Å². The van der Waals surface area contributed by atoms with Gasteiger partial charge in [0, 0.05) is 18.3 Å². The first-order valence-electron chi connectivity index (χ1n) is 6.02. The van der Waals surface area contributed by atoms with E-state index >= 15 is 0 Å². The van der Waals surface area contributed by atoms with Gasteiger partial charge in [0.05, 0.1) is 13.2 Å². The number of anilines is 1. The molecule has 0 heterocycles. The Morgan fingerprint density at radius 2 is 2.16 bits per heavy atom. The molecule has 1 unspecified atom stereocenters. The second-order valence-corrected chi connectivity index (χ2v) is 5.94. The second kappa shape index (κ2) is 6.74. The lowest BCUT2D eigenvalue weighted by atomic mass is 10.2. The largest absolute Gasteiger partial charge is 0.495 e. The maximum atomic E-state index is 12.1. The summed E-state index contributed by atoms with van der Waals surface area (Å²) in [6, 6.07) is 4.30. The molecule has 0 amide bonds. The van der Waals surface area contributed by atoms with E-state index in [1.165, 1.54) is 25.3 Å². The standard InChI is InChI=1S/C12H20N2O4S/c1-3-4-10(15)8-14-19(16,17)12-6-5-9(13)7-11(12)18-2/h5-7,10,14-15H,3-4,8,13H2,1-2H3. The minimum absolute atomic E-state index is 0.00731. The molecule has 0 aliphatic heterocycles. The Hall–Kier alpha value is -1.31. The van der Waals surface area contributed by atoms with E-state index in [2.05, 4.69) is 4.72 Å². The van der Waals surface area contributed by atoms with E-state index in [4.69, 9.17) is 10.5 Å². The summed E-state index contributed by atoms with van der Waals surface area (Å²) in [5.41, 5.74) is 5.99. The first kappa shape index (κ1) is 15.7. The third kappa shape index (κ3) is 4.38. The van der Waals surface area contributed by atoms with Gasteiger partial charge in [-0.1, -0.05) is 13.3 Å². The molecule has 0 aliphatic rings. The van der Waals surface area contributed by atoms with E-state index < -0.39 is 16.1 Å². The topological polar surface area (TPSA) is 102 Å². The molecule has 0 spiro atoms. The van der Waals surface area contributed by atoms with E-state index in [0.29, 0.717) is 12.1 Å². The fraction of sp³-hybridized carbons (Fsp3) is 0.500. The van der Waals surface area contributed by atoms with Crippen LogP contribution in [0.25, 0.3) is 0 Å². The van der Waals surface area contributed by atoms with Gasteiger partial charge in [-0.05, 0) is 18.6 Å². The van der Waals surface area contributed by atoms with Crippen LogP contribution >= 0.6 is 0 Å². The van der Waals surface area contributed by atoms with Crippen molar-refractivity contribution < 1.29 is 18.3 Å². The van der Waals surface area contributed by atoms with Crippen molar-refractivity contribution in [3.63, 3.8) is 0 Å². The minimum atomic E-state index is -3.72. The number of benzene rings is 1. The predicted molar refractivity (Wildman–Crippen MR) is 73.5 cm³/mol. The number of ether oxygens (including phenoxy) is 1. The zero-order valence-electron chi connectivity index (χ0n) is 11.1. The van der Waals surface area contributed by atoms with Crippen LogP contribution in [0.1, 0.15) is 19.8 Å². The molecule has 0 saturated heterocycles. The first-order valence-corrected chi connectivity index (χ1v) is 7.50. The van der Waals surface area contributed by atoms with Gasteiger partial charge in [-0.3, -0.25) is 0 Å². The van der Waals surface area contributed by atoms with Crippen molar-refractivity contribution in [1.82, 2.24) is 4.72 Å². The van der Waals surface area contributed by atoms with Crippen LogP contribution in [-0.4, -0.2) is 33.3 Å². The van der Waals surface area contributed by atoms with Crippen LogP contribution in [0.5, 0.6) is 5.75 Å². The number of sulfonamides is 1. The van der Waals surface area contributed by atoms with Crippen LogP contribution in [-0.2, 0) is 10.0 Å². The van der Waals surface area contributed by atoms with Crippen molar-refractivity contribution in [3.05, 3.63) is 18.2 Å². The summed E-state index contributed by atoms with van der Waals surface area (Å²) in [7, 11) is -2.35. The lowest BCUT2D eigenvalue weighted by Crippen LogP contribution is -2.32. The number of methoxy groups -OCH3 is 1. The molecule has 0 aromatic heterocycles. The van der Waals surface area contributed by atoms with Crippen LogP contribution < -0.4 is 15.2 Å². The Kier molecular flexibility index (Phi) is 5.59. The fourth-order valence-corrected chi connectivity index (χ4v) is 2.85. The van der Waals surface area contributed by atoms with Gasteiger partial charge >= 0.3 is 0 Å². The van der Waals surface area contributed by atoms with Gasteiger partial charge in [0.15, 0.2) is 0 Å². The van der Waals surface area contributed by atoms with E-state index in [-0.39, 0.29) is 17.2 Å². The molecule has 6 nitrogen and oxygen atoms in total. The van der Waals surface area contributed by atoms with Gasteiger partial charge in [-0.25, -0.2) is 13.1 Å². The van der Waals surface area contributed by atoms with Crippen molar-refractivity contribution in [2.75, 3.05) is 19.4 Å². The number of aliphatic hydroxyl groups is 1. The molecular formula is C12H20N2O4S. The number of hydrogen-bond donors (Lipinski definition) is 3. The molecule has 0 fully saturated rings. The number of nitrogen functional groups attached to an aromatic ring is 1. The van der Waals surface area contributed by atoms with Gasteiger partial charge in [-0.15, -0.1) is 0 Å². The summed E-state index contributed by atoms with van der Waals surface area (Å²) in [6.07, 6.45) is 0.634. The fourth-order valence-electron chi connectivity index (χ4n) is 1.63. The highest BCUT2D eigenvalue weighted by atomic mass is 32.2.